The maximum absolute atomic E-state index is 13.0. The van der Waals surface area contributed by atoms with Crippen molar-refractivity contribution in [2.45, 2.75) is 26.4 Å². The predicted molar refractivity (Wildman–Crippen MR) is 79.7 cm³/mol. The molecule has 0 spiro atoms. The van der Waals surface area contributed by atoms with E-state index in [0.29, 0.717) is 29.4 Å². The van der Waals surface area contributed by atoms with Crippen molar-refractivity contribution in [2.75, 3.05) is 5.73 Å². The van der Waals surface area contributed by atoms with Crippen LogP contribution in [0.2, 0.25) is 0 Å². The van der Waals surface area contributed by atoms with E-state index >= 15 is 0 Å². The number of nitrogen functional groups attached to an aromatic ring is 1. The third kappa shape index (κ3) is 3.40. The second-order valence-corrected chi connectivity index (χ2v) is 6.11. The standard InChI is InChI=1S/C14H15BrF3N3/c1-7(2)5-9-12(20-21-13(9)19)8-3-4-11(15)10(6-8)14(16,17)18/h3-4,6-7H,5H2,1-2H3,(H3,19,20,21). The van der Waals surface area contributed by atoms with Gasteiger partial charge in [0, 0.05) is 15.6 Å². The van der Waals surface area contributed by atoms with Crippen LogP contribution in [0.25, 0.3) is 11.3 Å². The van der Waals surface area contributed by atoms with Gasteiger partial charge in [-0.05, 0) is 24.5 Å². The number of nitrogens with two attached hydrogens (primary N) is 1. The van der Waals surface area contributed by atoms with E-state index in [9.17, 15) is 13.2 Å². The van der Waals surface area contributed by atoms with Crippen LogP contribution < -0.4 is 5.73 Å². The number of alkyl halides is 3. The molecule has 3 nitrogen and oxygen atoms in total. The van der Waals surface area contributed by atoms with E-state index in [4.69, 9.17) is 5.73 Å². The summed E-state index contributed by atoms with van der Waals surface area (Å²) in [5.74, 6) is 0.649. The first-order chi connectivity index (χ1) is 9.70. The summed E-state index contributed by atoms with van der Waals surface area (Å²) in [5.41, 5.74) is 6.80. The predicted octanol–water partition coefficient (Wildman–Crippen LogP) is 4.64. The van der Waals surface area contributed by atoms with Crippen LogP contribution >= 0.6 is 15.9 Å². The van der Waals surface area contributed by atoms with Crippen LogP contribution in [-0.4, -0.2) is 10.2 Å². The molecule has 0 aliphatic rings. The van der Waals surface area contributed by atoms with Gasteiger partial charge in [-0.2, -0.15) is 18.3 Å². The molecule has 0 aliphatic heterocycles. The van der Waals surface area contributed by atoms with E-state index in [1.54, 1.807) is 6.07 Å². The quantitative estimate of drug-likeness (QED) is 0.836. The first-order valence-electron chi connectivity index (χ1n) is 6.40. The summed E-state index contributed by atoms with van der Waals surface area (Å²) in [5, 5.41) is 6.66. The summed E-state index contributed by atoms with van der Waals surface area (Å²) >= 11 is 2.93. The van der Waals surface area contributed by atoms with Gasteiger partial charge in [0.15, 0.2) is 0 Å². The molecule has 114 valence electrons. The molecule has 0 bridgehead atoms. The van der Waals surface area contributed by atoms with Crippen LogP contribution in [0.5, 0.6) is 0 Å². The van der Waals surface area contributed by atoms with Gasteiger partial charge in [0.2, 0.25) is 0 Å². The third-order valence-corrected chi connectivity index (χ3v) is 3.76. The highest BCUT2D eigenvalue weighted by Crippen LogP contribution is 2.38. The zero-order chi connectivity index (χ0) is 15.8. The highest BCUT2D eigenvalue weighted by Gasteiger charge is 2.33. The first kappa shape index (κ1) is 15.9. The maximum atomic E-state index is 13.0. The number of benzene rings is 1. The molecule has 3 N–H and O–H groups in total. The largest absolute Gasteiger partial charge is 0.417 e. The van der Waals surface area contributed by atoms with Crippen LogP contribution in [0.1, 0.15) is 25.0 Å². The maximum Gasteiger partial charge on any atom is 0.417 e. The molecule has 1 aromatic heterocycles. The van der Waals surface area contributed by atoms with E-state index in [2.05, 4.69) is 26.1 Å². The van der Waals surface area contributed by atoms with Crippen molar-refractivity contribution >= 4 is 21.7 Å². The van der Waals surface area contributed by atoms with E-state index in [0.717, 1.165) is 11.6 Å². The Labute approximate surface area is 128 Å². The van der Waals surface area contributed by atoms with Crippen LogP contribution in [0.15, 0.2) is 22.7 Å². The minimum absolute atomic E-state index is 0.0108. The first-order valence-corrected chi connectivity index (χ1v) is 7.19. The number of halogens is 4. The van der Waals surface area contributed by atoms with E-state index < -0.39 is 11.7 Å². The number of nitrogens with zero attached hydrogens (tertiary/aromatic N) is 1. The number of anilines is 1. The van der Waals surface area contributed by atoms with Crippen molar-refractivity contribution in [1.82, 2.24) is 10.2 Å². The average molecular weight is 362 g/mol. The topological polar surface area (TPSA) is 54.7 Å². The number of rotatable bonds is 3. The van der Waals surface area contributed by atoms with Crippen LogP contribution in [-0.2, 0) is 12.6 Å². The van der Waals surface area contributed by atoms with Crippen molar-refractivity contribution in [3.8, 4) is 11.3 Å². The number of nitrogens with one attached hydrogen (secondary N) is 1. The molecular formula is C14H15BrF3N3. The number of H-pyrrole nitrogens is 1. The lowest BCUT2D eigenvalue weighted by molar-refractivity contribution is -0.138. The fraction of sp³-hybridized carbons (Fsp3) is 0.357. The van der Waals surface area contributed by atoms with Gasteiger partial charge in [0.05, 0.1) is 11.3 Å². The van der Waals surface area contributed by atoms with Gasteiger partial charge >= 0.3 is 6.18 Å². The Morgan fingerprint density at radius 2 is 2.00 bits per heavy atom. The van der Waals surface area contributed by atoms with Gasteiger partial charge in [-0.1, -0.05) is 35.8 Å². The molecule has 0 atom stereocenters. The summed E-state index contributed by atoms with van der Waals surface area (Å²) in [6.07, 6.45) is -3.77. The molecule has 0 fully saturated rings. The zero-order valence-electron chi connectivity index (χ0n) is 11.6. The van der Waals surface area contributed by atoms with Gasteiger partial charge in [0.25, 0.3) is 0 Å². The fourth-order valence-corrected chi connectivity index (χ4v) is 2.60. The zero-order valence-corrected chi connectivity index (χ0v) is 13.1. The third-order valence-electron chi connectivity index (χ3n) is 3.07. The van der Waals surface area contributed by atoms with Crippen molar-refractivity contribution < 1.29 is 13.2 Å². The van der Waals surface area contributed by atoms with Crippen molar-refractivity contribution in [3.63, 3.8) is 0 Å². The van der Waals surface area contributed by atoms with Crippen molar-refractivity contribution in [3.05, 3.63) is 33.8 Å². The molecule has 1 heterocycles. The summed E-state index contributed by atoms with van der Waals surface area (Å²) in [4.78, 5) is 0. The molecule has 0 aliphatic carbocycles. The van der Waals surface area contributed by atoms with Crippen molar-refractivity contribution in [1.29, 1.82) is 0 Å². The Kier molecular flexibility index (Phi) is 4.32. The summed E-state index contributed by atoms with van der Waals surface area (Å²) in [6.45, 7) is 4.03. The lowest BCUT2D eigenvalue weighted by atomic mass is 9.98. The summed E-state index contributed by atoms with van der Waals surface area (Å²) in [6, 6.07) is 4.09. The summed E-state index contributed by atoms with van der Waals surface area (Å²) < 4.78 is 39.0. The highest BCUT2D eigenvalue weighted by atomic mass is 79.9. The number of aromatic nitrogens is 2. The molecule has 7 heteroatoms. The summed E-state index contributed by atoms with van der Waals surface area (Å²) in [7, 11) is 0. The van der Waals surface area contributed by atoms with Crippen LogP contribution in [0, 0.1) is 5.92 Å². The molecule has 2 aromatic rings. The Hall–Kier alpha value is -1.50. The van der Waals surface area contributed by atoms with Gasteiger partial charge in [-0.25, -0.2) is 0 Å². The Bertz CT molecular complexity index is 647. The SMILES string of the molecule is CC(C)Cc1c(N)n[nH]c1-c1ccc(Br)c(C(F)(F)F)c1. The molecular weight excluding hydrogens is 347 g/mol. The average Bonchev–Trinajstić information content (AvgIpc) is 2.70. The van der Waals surface area contributed by atoms with E-state index in [-0.39, 0.29) is 4.47 Å². The van der Waals surface area contributed by atoms with Gasteiger partial charge in [-0.15, -0.1) is 0 Å². The van der Waals surface area contributed by atoms with E-state index in [1.807, 2.05) is 13.8 Å². The van der Waals surface area contributed by atoms with Crippen molar-refractivity contribution in [2.24, 2.45) is 5.92 Å². The molecule has 0 saturated carbocycles. The minimum Gasteiger partial charge on any atom is -0.382 e. The van der Waals surface area contributed by atoms with Crippen LogP contribution in [0.4, 0.5) is 19.0 Å². The Morgan fingerprint density at radius 1 is 1.33 bits per heavy atom. The molecule has 0 radical (unpaired) electrons. The van der Waals surface area contributed by atoms with Gasteiger partial charge in [0.1, 0.15) is 5.82 Å². The van der Waals surface area contributed by atoms with E-state index in [1.165, 1.54) is 6.07 Å². The van der Waals surface area contributed by atoms with Gasteiger partial charge in [-0.3, -0.25) is 5.10 Å². The second-order valence-electron chi connectivity index (χ2n) is 5.25. The number of aromatic amines is 1. The lowest BCUT2D eigenvalue weighted by Crippen LogP contribution is -2.06. The molecule has 0 amide bonds. The molecule has 2 rings (SSSR count). The highest BCUT2D eigenvalue weighted by molar-refractivity contribution is 9.10. The molecule has 0 unspecified atom stereocenters. The normalized spacial score (nSPS) is 12.1. The number of hydrogen-bond donors (Lipinski definition) is 2. The molecule has 1 aromatic carbocycles. The Morgan fingerprint density at radius 3 is 2.57 bits per heavy atom. The second kappa shape index (κ2) is 5.71. The van der Waals surface area contributed by atoms with Gasteiger partial charge < -0.3 is 5.73 Å². The number of hydrogen-bond acceptors (Lipinski definition) is 2. The Balaban J connectivity index is 2.53. The van der Waals surface area contributed by atoms with Crippen LogP contribution in [0.3, 0.4) is 0 Å². The molecule has 21 heavy (non-hydrogen) atoms. The smallest absolute Gasteiger partial charge is 0.382 e. The monoisotopic (exact) mass is 361 g/mol. The fourth-order valence-electron chi connectivity index (χ4n) is 2.13. The lowest BCUT2D eigenvalue weighted by Gasteiger charge is -2.12. The minimum atomic E-state index is -4.42. The molecule has 0 saturated heterocycles.